The predicted molar refractivity (Wildman–Crippen MR) is 95.5 cm³/mol. The molecule has 0 saturated carbocycles. The molecule has 1 N–H and O–H groups in total. The van der Waals surface area contributed by atoms with Crippen LogP contribution >= 0.6 is 0 Å². The first-order valence-electron chi connectivity index (χ1n) is 8.36. The molecule has 2 aromatic rings. The Bertz CT molecular complexity index is 765. The zero-order valence-corrected chi connectivity index (χ0v) is 15.3. The first-order chi connectivity index (χ1) is 12.8. The van der Waals surface area contributed by atoms with Gasteiger partial charge in [-0.15, -0.1) is 0 Å². The zero-order chi connectivity index (χ0) is 20.1. The van der Waals surface area contributed by atoms with Crippen molar-refractivity contribution in [2.24, 2.45) is 0 Å². The third-order valence-corrected chi connectivity index (χ3v) is 4.30. The van der Waals surface area contributed by atoms with Crippen LogP contribution in [0.3, 0.4) is 0 Å². The second kappa shape index (κ2) is 8.43. The van der Waals surface area contributed by atoms with E-state index in [9.17, 15) is 18.0 Å². The number of benzene rings is 2. The second-order valence-electron chi connectivity index (χ2n) is 6.14. The van der Waals surface area contributed by atoms with Gasteiger partial charge in [0.25, 0.3) is 11.5 Å². The Morgan fingerprint density at radius 3 is 2.19 bits per heavy atom. The summed E-state index contributed by atoms with van der Waals surface area (Å²) in [5, 5.41) is 2.44. The molecule has 7 heteroatoms. The lowest BCUT2D eigenvalue weighted by Gasteiger charge is -2.34. The number of rotatable bonds is 7. The van der Waals surface area contributed by atoms with E-state index in [0.717, 1.165) is 12.7 Å². The number of hydrogen-bond donors (Lipinski definition) is 1. The molecule has 2 aromatic carbocycles. The summed E-state index contributed by atoms with van der Waals surface area (Å²) in [5.74, 6) is -0.651. The fourth-order valence-corrected chi connectivity index (χ4v) is 3.00. The molecule has 0 aliphatic heterocycles. The fourth-order valence-electron chi connectivity index (χ4n) is 3.00. The van der Waals surface area contributed by atoms with Gasteiger partial charge in [-0.3, -0.25) is 4.79 Å². The molecule has 27 heavy (non-hydrogen) atoms. The number of carbonyl (C=O) groups excluding carboxylic acids is 1. The van der Waals surface area contributed by atoms with E-state index in [1.807, 2.05) is 0 Å². The molecule has 0 aromatic heterocycles. The SMILES string of the molecule is COc1ccccc1C[C@H](C)NC(=O)[C@](OC)(c1ccccc1)C(F)(F)F. The first kappa shape index (κ1) is 20.8. The molecular weight excluding hydrogens is 359 g/mol. The van der Waals surface area contributed by atoms with Gasteiger partial charge in [-0.25, -0.2) is 0 Å². The van der Waals surface area contributed by atoms with Crippen molar-refractivity contribution < 1.29 is 27.4 Å². The maximum absolute atomic E-state index is 13.9. The van der Waals surface area contributed by atoms with Crippen LogP contribution in [0.1, 0.15) is 18.1 Å². The van der Waals surface area contributed by atoms with Gasteiger partial charge in [-0.1, -0.05) is 48.5 Å². The number of para-hydroxylation sites is 1. The number of alkyl halides is 3. The molecule has 0 aliphatic carbocycles. The summed E-state index contributed by atoms with van der Waals surface area (Å²) in [6.45, 7) is 1.63. The summed E-state index contributed by atoms with van der Waals surface area (Å²) in [5.41, 5.74) is -2.58. The molecule has 0 saturated heterocycles. The zero-order valence-electron chi connectivity index (χ0n) is 15.3. The van der Waals surface area contributed by atoms with Gasteiger partial charge in [0.1, 0.15) is 5.75 Å². The average molecular weight is 381 g/mol. The summed E-state index contributed by atoms with van der Waals surface area (Å²) >= 11 is 0. The number of amides is 1. The van der Waals surface area contributed by atoms with Crippen LogP contribution in [0, 0.1) is 0 Å². The van der Waals surface area contributed by atoms with Crippen molar-refractivity contribution in [2.45, 2.75) is 31.2 Å². The van der Waals surface area contributed by atoms with E-state index in [-0.39, 0.29) is 5.56 Å². The van der Waals surface area contributed by atoms with E-state index in [2.05, 4.69) is 5.32 Å². The maximum atomic E-state index is 13.9. The normalized spacial score (nSPS) is 14.9. The van der Waals surface area contributed by atoms with Crippen LogP contribution in [0.25, 0.3) is 0 Å². The monoisotopic (exact) mass is 381 g/mol. The van der Waals surface area contributed by atoms with Crippen molar-refractivity contribution in [3.8, 4) is 5.75 Å². The Kier molecular flexibility index (Phi) is 6.49. The molecule has 4 nitrogen and oxygen atoms in total. The minimum Gasteiger partial charge on any atom is -0.496 e. The van der Waals surface area contributed by atoms with Crippen molar-refractivity contribution in [3.63, 3.8) is 0 Å². The van der Waals surface area contributed by atoms with Crippen LogP contribution in [0.2, 0.25) is 0 Å². The predicted octanol–water partition coefficient (Wildman–Crippen LogP) is 3.85. The van der Waals surface area contributed by atoms with Gasteiger partial charge in [-0.2, -0.15) is 13.2 Å². The van der Waals surface area contributed by atoms with Crippen LogP contribution in [-0.4, -0.2) is 32.3 Å². The van der Waals surface area contributed by atoms with E-state index in [1.165, 1.54) is 31.4 Å². The van der Waals surface area contributed by atoms with Crippen molar-refractivity contribution in [1.82, 2.24) is 5.32 Å². The van der Waals surface area contributed by atoms with Gasteiger partial charge in [0.2, 0.25) is 0 Å². The summed E-state index contributed by atoms with van der Waals surface area (Å²) < 4.78 is 51.7. The Labute approximate surface area is 156 Å². The maximum Gasteiger partial charge on any atom is 0.430 e. The molecule has 1 amide bonds. The van der Waals surface area contributed by atoms with E-state index in [1.54, 1.807) is 37.3 Å². The highest BCUT2D eigenvalue weighted by Gasteiger charge is 2.62. The Morgan fingerprint density at radius 2 is 1.63 bits per heavy atom. The number of methoxy groups -OCH3 is 2. The van der Waals surface area contributed by atoms with Crippen LogP contribution < -0.4 is 10.1 Å². The van der Waals surface area contributed by atoms with Crippen molar-refractivity contribution in [1.29, 1.82) is 0 Å². The van der Waals surface area contributed by atoms with Crippen molar-refractivity contribution in [3.05, 3.63) is 65.7 Å². The van der Waals surface area contributed by atoms with E-state index in [0.29, 0.717) is 12.2 Å². The van der Waals surface area contributed by atoms with Gasteiger partial charge in [0.05, 0.1) is 7.11 Å². The molecule has 146 valence electrons. The smallest absolute Gasteiger partial charge is 0.430 e. The minimum atomic E-state index is -4.93. The number of nitrogens with one attached hydrogen (secondary N) is 1. The molecule has 2 rings (SSSR count). The molecule has 0 spiro atoms. The third kappa shape index (κ3) is 4.24. The lowest BCUT2D eigenvalue weighted by Crippen LogP contribution is -2.57. The Hall–Kier alpha value is -2.54. The van der Waals surface area contributed by atoms with Crippen LogP contribution in [0.15, 0.2) is 54.6 Å². The molecular formula is C20H22F3NO3. The van der Waals surface area contributed by atoms with Crippen molar-refractivity contribution >= 4 is 5.91 Å². The number of halogens is 3. The highest BCUT2D eigenvalue weighted by molar-refractivity contribution is 5.88. The topological polar surface area (TPSA) is 47.6 Å². The van der Waals surface area contributed by atoms with E-state index in [4.69, 9.17) is 9.47 Å². The summed E-state index contributed by atoms with van der Waals surface area (Å²) in [7, 11) is 2.39. The van der Waals surface area contributed by atoms with Crippen LogP contribution in [0.4, 0.5) is 13.2 Å². The summed E-state index contributed by atoms with van der Waals surface area (Å²) in [6, 6.07) is 13.4. The second-order valence-corrected chi connectivity index (χ2v) is 6.14. The summed E-state index contributed by atoms with van der Waals surface area (Å²) in [6.07, 6.45) is -4.63. The fraction of sp³-hybridized carbons (Fsp3) is 0.350. The molecule has 2 atom stereocenters. The molecule has 0 bridgehead atoms. The van der Waals surface area contributed by atoms with Gasteiger partial charge >= 0.3 is 6.18 Å². The largest absolute Gasteiger partial charge is 0.496 e. The quantitative estimate of drug-likeness (QED) is 0.793. The van der Waals surface area contributed by atoms with E-state index < -0.39 is 23.7 Å². The van der Waals surface area contributed by atoms with E-state index >= 15 is 0 Å². The molecule has 0 heterocycles. The molecule has 0 radical (unpaired) electrons. The van der Waals surface area contributed by atoms with Gasteiger partial charge in [-0.05, 0) is 25.0 Å². The lowest BCUT2D eigenvalue weighted by molar-refractivity contribution is -0.266. The van der Waals surface area contributed by atoms with Gasteiger partial charge in [0.15, 0.2) is 0 Å². The van der Waals surface area contributed by atoms with Gasteiger partial charge in [0, 0.05) is 18.7 Å². The molecule has 0 unspecified atom stereocenters. The highest BCUT2D eigenvalue weighted by atomic mass is 19.4. The lowest BCUT2D eigenvalue weighted by atomic mass is 9.91. The van der Waals surface area contributed by atoms with Crippen molar-refractivity contribution in [2.75, 3.05) is 14.2 Å². The summed E-state index contributed by atoms with van der Waals surface area (Å²) in [4.78, 5) is 12.7. The number of ether oxygens (including phenoxy) is 2. The standard InChI is InChI=1S/C20H22F3NO3/c1-14(13-15-9-7-8-12-17(15)26-2)24-18(25)19(27-3,20(21,22)23)16-10-5-4-6-11-16/h4-12,14H,13H2,1-3H3,(H,24,25)/t14-,19+/m0/s1. The molecule has 0 aliphatic rings. The van der Waals surface area contributed by atoms with Gasteiger partial charge < -0.3 is 14.8 Å². The van der Waals surface area contributed by atoms with Crippen LogP contribution in [0.5, 0.6) is 5.75 Å². The third-order valence-electron chi connectivity index (χ3n) is 4.30. The number of carbonyl (C=O) groups is 1. The highest BCUT2D eigenvalue weighted by Crippen LogP contribution is 2.42. The molecule has 0 fully saturated rings. The van der Waals surface area contributed by atoms with Crippen LogP contribution in [-0.2, 0) is 21.6 Å². The Balaban J connectivity index is 2.28. The Morgan fingerprint density at radius 1 is 1.04 bits per heavy atom. The average Bonchev–Trinajstić information content (AvgIpc) is 2.62. The number of hydrogen-bond acceptors (Lipinski definition) is 3. The first-order valence-corrected chi connectivity index (χ1v) is 8.36. The minimum absolute atomic E-state index is 0.276.